The van der Waals surface area contributed by atoms with E-state index in [0.717, 1.165) is 16.5 Å². The molecule has 3 heterocycles. The van der Waals surface area contributed by atoms with Crippen LogP contribution < -0.4 is 0 Å². The summed E-state index contributed by atoms with van der Waals surface area (Å²) < 4.78 is 2.42. The van der Waals surface area contributed by atoms with Crippen molar-refractivity contribution < 1.29 is 0 Å². The second-order valence-electron chi connectivity index (χ2n) is 9.48. The number of nitrogens with zero attached hydrogens (tertiary/aromatic N) is 3. The highest BCUT2D eigenvalue weighted by Crippen LogP contribution is 2.45. The number of aryl methyl sites for hydroxylation is 3. The summed E-state index contributed by atoms with van der Waals surface area (Å²) in [5.41, 5.74) is 8.78. The van der Waals surface area contributed by atoms with Crippen molar-refractivity contribution >= 4 is 49.0 Å². The number of hydrogen-bond donors (Lipinski definition) is 0. The fourth-order valence-electron chi connectivity index (χ4n) is 5.41. The highest BCUT2D eigenvalue weighted by Gasteiger charge is 2.29. The zero-order valence-corrected chi connectivity index (χ0v) is 18.5. The molecule has 3 aromatic heterocycles. The van der Waals surface area contributed by atoms with Gasteiger partial charge in [-0.2, -0.15) is 5.26 Å². The van der Waals surface area contributed by atoms with Crippen LogP contribution in [0.15, 0.2) is 48.7 Å². The standard InChI is InChI=1S/C28H23N3/c1-15-6-7-22-19(11-15)24-21(28(4,5)14-29)13-18-8-9-30-25-20-12-16(2)10-17(3)26(20)31(22)27(24)23(18)25/h6-13H,1-5H3. The third-order valence-corrected chi connectivity index (χ3v) is 6.79. The summed E-state index contributed by atoms with van der Waals surface area (Å²) in [6.45, 7) is 10.5. The van der Waals surface area contributed by atoms with Crippen molar-refractivity contribution in [2.75, 3.05) is 0 Å². The number of fused-ring (bicyclic) bond motifs is 6. The van der Waals surface area contributed by atoms with E-state index in [-0.39, 0.29) is 0 Å². The largest absolute Gasteiger partial charge is 0.308 e. The predicted octanol–water partition coefficient (Wildman–Crippen LogP) is 7.11. The van der Waals surface area contributed by atoms with Crippen LogP contribution in [0.1, 0.15) is 36.1 Å². The lowest BCUT2D eigenvalue weighted by Crippen LogP contribution is -2.14. The Bertz CT molecular complexity index is 1740. The van der Waals surface area contributed by atoms with Gasteiger partial charge in [0.05, 0.1) is 33.6 Å². The molecule has 0 radical (unpaired) electrons. The Labute approximate surface area is 180 Å². The van der Waals surface area contributed by atoms with Gasteiger partial charge in [-0.25, -0.2) is 0 Å². The molecule has 0 fully saturated rings. The van der Waals surface area contributed by atoms with E-state index in [2.05, 4.69) is 73.7 Å². The summed E-state index contributed by atoms with van der Waals surface area (Å²) in [6.07, 6.45) is 1.90. The smallest absolute Gasteiger partial charge is 0.0822 e. The van der Waals surface area contributed by atoms with E-state index in [0.29, 0.717) is 0 Å². The molecule has 6 rings (SSSR count). The Morgan fingerprint density at radius 1 is 0.871 bits per heavy atom. The zero-order chi connectivity index (χ0) is 21.7. The average molecular weight is 402 g/mol. The lowest BCUT2D eigenvalue weighted by Gasteiger charge is -2.21. The molecule has 0 amide bonds. The minimum atomic E-state index is -0.608. The Kier molecular flexibility index (Phi) is 3.36. The van der Waals surface area contributed by atoms with Crippen LogP contribution in [-0.2, 0) is 5.41 Å². The van der Waals surface area contributed by atoms with Crippen LogP contribution in [0, 0.1) is 32.1 Å². The molecular weight excluding hydrogens is 378 g/mol. The van der Waals surface area contributed by atoms with Crippen molar-refractivity contribution in [1.29, 1.82) is 5.26 Å². The fourth-order valence-corrected chi connectivity index (χ4v) is 5.41. The molecule has 0 spiro atoms. The maximum Gasteiger partial charge on any atom is 0.0822 e. The number of benzene rings is 3. The van der Waals surface area contributed by atoms with Crippen LogP contribution in [0.3, 0.4) is 0 Å². The van der Waals surface area contributed by atoms with Crippen LogP contribution in [0.25, 0.3) is 49.0 Å². The molecular formula is C28H23N3. The van der Waals surface area contributed by atoms with Gasteiger partial charge in [-0.05, 0) is 81.5 Å². The number of rotatable bonds is 1. The molecule has 3 heteroatoms. The Morgan fingerprint density at radius 2 is 1.65 bits per heavy atom. The van der Waals surface area contributed by atoms with Gasteiger partial charge in [0, 0.05) is 27.7 Å². The first-order valence-electron chi connectivity index (χ1n) is 10.7. The van der Waals surface area contributed by atoms with Crippen LogP contribution in [0.4, 0.5) is 0 Å². The second-order valence-corrected chi connectivity index (χ2v) is 9.48. The van der Waals surface area contributed by atoms with Crippen molar-refractivity contribution in [2.24, 2.45) is 0 Å². The summed E-state index contributed by atoms with van der Waals surface area (Å²) in [5, 5.41) is 15.9. The second kappa shape index (κ2) is 5.74. The van der Waals surface area contributed by atoms with Gasteiger partial charge in [0.2, 0.25) is 0 Å². The molecule has 0 bridgehead atoms. The molecule has 6 aromatic rings. The third kappa shape index (κ3) is 2.20. The first-order chi connectivity index (χ1) is 14.8. The van der Waals surface area contributed by atoms with Gasteiger partial charge in [0.1, 0.15) is 0 Å². The normalized spacial score (nSPS) is 12.6. The molecule has 3 nitrogen and oxygen atoms in total. The van der Waals surface area contributed by atoms with Crippen molar-refractivity contribution in [3.05, 3.63) is 70.9 Å². The van der Waals surface area contributed by atoms with E-state index >= 15 is 0 Å². The van der Waals surface area contributed by atoms with Gasteiger partial charge < -0.3 is 4.40 Å². The molecule has 0 N–H and O–H groups in total. The quantitative estimate of drug-likeness (QED) is 0.217. The van der Waals surface area contributed by atoms with E-state index in [4.69, 9.17) is 4.98 Å². The van der Waals surface area contributed by atoms with E-state index in [9.17, 15) is 5.26 Å². The van der Waals surface area contributed by atoms with Crippen LogP contribution in [0.5, 0.6) is 0 Å². The molecule has 3 aromatic carbocycles. The monoisotopic (exact) mass is 401 g/mol. The highest BCUT2D eigenvalue weighted by molar-refractivity contribution is 6.29. The van der Waals surface area contributed by atoms with E-state index in [1.807, 2.05) is 20.0 Å². The van der Waals surface area contributed by atoms with Crippen molar-refractivity contribution in [3.8, 4) is 6.07 Å². The van der Waals surface area contributed by atoms with Gasteiger partial charge in [0.15, 0.2) is 0 Å². The predicted molar refractivity (Wildman–Crippen MR) is 129 cm³/mol. The summed E-state index contributed by atoms with van der Waals surface area (Å²) in [5.74, 6) is 0. The number of nitriles is 1. The van der Waals surface area contributed by atoms with Gasteiger partial charge in [-0.1, -0.05) is 23.3 Å². The molecule has 0 aliphatic carbocycles. The molecule has 0 unspecified atom stereocenters. The minimum absolute atomic E-state index is 0.608. The molecule has 0 aliphatic heterocycles. The summed E-state index contributed by atoms with van der Waals surface area (Å²) in [7, 11) is 0. The van der Waals surface area contributed by atoms with Gasteiger partial charge >= 0.3 is 0 Å². The molecule has 0 saturated heterocycles. The topological polar surface area (TPSA) is 41.1 Å². The first-order valence-corrected chi connectivity index (χ1v) is 10.7. The lowest BCUT2D eigenvalue weighted by atomic mass is 9.82. The summed E-state index contributed by atoms with van der Waals surface area (Å²) in [4.78, 5) is 4.87. The molecule has 0 aliphatic rings. The van der Waals surface area contributed by atoms with Gasteiger partial charge in [-0.15, -0.1) is 0 Å². The lowest BCUT2D eigenvalue weighted by molar-refractivity contribution is 0.695. The number of pyridine rings is 2. The Morgan fingerprint density at radius 3 is 2.42 bits per heavy atom. The maximum atomic E-state index is 10.0. The highest BCUT2D eigenvalue weighted by atomic mass is 14.9. The Hall–Kier alpha value is -3.64. The zero-order valence-electron chi connectivity index (χ0n) is 18.5. The van der Waals surface area contributed by atoms with Gasteiger partial charge in [-0.3, -0.25) is 4.98 Å². The van der Waals surface area contributed by atoms with Crippen LogP contribution >= 0.6 is 0 Å². The fraction of sp³-hybridized carbons (Fsp3) is 0.214. The van der Waals surface area contributed by atoms with E-state index < -0.39 is 5.41 Å². The van der Waals surface area contributed by atoms with E-state index in [1.54, 1.807) is 0 Å². The molecule has 0 saturated carbocycles. The van der Waals surface area contributed by atoms with Crippen molar-refractivity contribution in [3.63, 3.8) is 0 Å². The summed E-state index contributed by atoms with van der Waals surface area (Å²) in [6, 6.07) is 18.0. The number of hydrogen-bond acceptors (Lipinski definition) is 2. The van der Waals surface area contributed by atoms with Crippen LogP contribution in [0.2, 0.25) is 0 Å². The summed E-state index contributed by atoms with van der Waals surface area (Å²) >= 11 is 0. The minimum Gasteiger partial charge on any atom is -0.308 e. The average Bonchev–Trinajstić information content (AvgIpc) is 3.06. The molecule has 0 atom stereocenters. The Balaban J connectivity index is 2.10. The molecule has 31 heavy (non-hydrogen) atoms. The molecule has 150 valence electrons. The van der Waals surface area contributed by atoms with Crippen molar-refractivity contribution in [1.82, 2.24) is 9.38 Å². The van der Waals surface area contributed by atoms with E-state index in [1.165, 1.54) is 54.8 Å². The first kappa shape index (κ1) is 18.2. The maximum absolute atomic E-state index is 10.0. The van der Waals surface area contributed by atoms with Gasteiger partial charge in [0.25, 0.3) is 0 Å². The number of aromatic nitrogens is 2. The SMILES string of the molecule is Cc1ccc2c(c1)c1c(C(C)(C)C#N)cc3ccnc4c5cc(C)cc(C)c5n2c1c34. The van der Waals surface area contributed by atoms with Crippen molar-refractivity contribution in [2.45, 2.75) is 40.0 Å². The van der Waals surface area contributed by atoms with Crippen LogP contribution in [-0.4, -0.2) is 9.38 Å². The third-order valence-electron chi connectivity index (χ3n) is 6.79.